The van der Waals surface area contributed by atoms with Gasteiger partial charge in [-0.05, 0) is 64.0 Å². The van der Waals surface area contributed by atoms with Crippen molar-refractivity contribution in [1.82, 2.24) is 20.0 Å². The minimum Gasteiger partial charge on any atom is -0.381 e. The summed E-state index contributed by atoms with van der Waals surface area (Å²) in [6, 6.07) is 2.00. The number of aromatic nitrogens is 3. The second-order valence-corrected chi connectivity index (χ2v) is 9.78. The second-order valence-electron chi connectivity index (χ2n) is 9.78. The molecule has 5 heterocycles. The van der Waals surface area contributed by atoms with E-state index >= 15 is 0 Å². The molecule has 0 bridgehead atoms. The smallest absolute Gasteiger partial charge is 0.225 e. The summed E-state index contributed by atoms with van der Waals surface area (Å²) in [5.41, 5.74) is 3.05. The molecule has 7 heteroatoms. The quantitative estimate of drug-likeness (QED) is 0.720. The Hall–Kier alpha value is -1.99. The van der Waals surface area contributed by atoms with Gasteiger partial charge in [-0.2, -0.15) is 0 Å². The standard InChI is InChI=1S/C24H35N5O2/c1-17-3-10-29(11-4-17)24-25-14-21(22-13-18(2)27-31-22)23(26-24)20-5-8-28(9-6-20)15-19-7-12-30-16-19/h13-14,17,19-20H,3-12,15-16H2,1-2H3. The maximum Gasteiger partial charge on any atom is 0.225 e. The fourth-order valence-electron chi connectivity index (χ4n) is 5.22. The average molecular weight is 426 g/mol. The zero-order valence-corrected chi connectivity index (χ0v) is 18.9. The molecule has 2 aromatic heterocycles. The Labute approximate surface area is 185 Å². The van der Waals surface area contributed by atoms with Crippen LogP contribution in [0, 0.1) is 18.8 Å². The van der Waals surface area contributed by atoms with Crippen LogP contribution >= 0.6 is 0 Å². The molecule has 3 fully saturated rings. The van der Waals surface area contributed by atoms with Gasteiger partial charge in [-0.1, -0.05) is 12.1 Å². The molecule has 0 amide bonds. The van der Waals surface area contributed by atoms with Gasteiger partial charge >= 0.3 is 0 Å². The molecular weight excluding hydrogens is 390 g/mol. The lowest BCUT2D eigenvalue weighted by Gasteiger charge is -2.34. The maximum atomic E-state index is 5.62. The summed E-state index contributed by atoms with van der Waals surface area (Å²) in [5, 5.41) is 4.11. The summed E-state index contributed by atoms with van der Waals surface area (Å²) in [6.45, 7) is 11.7. The van der Waals surface area contributed by atoms with Crippen molar-refractivity contribution in [1.29, 1.82) is 0 Å². The van der Waals surface area contributed by atoms with Crippen molar-refractivity contribution in [2.75, 3.05) is 50.8 Å². The zero-order valence-electron chi connectivity index (χ0n) is 18.9. The molecule has 2 aromatic rings. The normalized spacial score (nSPS) is 24.2. The number of ether oxygens (including phenoxy) is 1. The maximum absolute atomic E-state index is 5.62. The summed E-state index contributed by atoms with van der Waals surface area (Å²) in [5.74, 6) is 3.60. The summed E-state index contributed by atoms with van der Waals surface area (Å²) < 4.78 is 11.2. The highest BCUT2D eigenvalue weighted by Gasteiger charge is 2.29. The van der Waals surface area contributed by atoms with Gasteiger partial charge in [0, 0.05) is 44.4 Å². The Morgan fingerprint density at radius 2 is 1.87 bits per heavy atom. The van der Waals surface area contributed by atoms with Gasteiger partial charge < -0.3 is 19.1 Å². The Bertz CT molecular complexity index is 863. The first-order valence-electron chi connectivity index (χ1n) is 12.0. The molecule has 0 aromatic carbocycles. The van der Waals surface area contributed by atoms with E-state index in [1.54, 1.807) is 0 Å². The van der Waals surface area contributed by atoms with E-state index in [9.17, 15) is 0 Å². The number of hydrogen-bond donors (Lipinski definition) is 0. The number of nitrogens with zero attached hydrogens (tertiary/aromatic N) is 5. The summed E-state index contributed by atoms with van der Waals surface area (Å²) in [4.78, 5) is 14.9. The van der Waals surface area contributed by atoms with Gasteiger partial charge in [-0.3, -0.25) is 0 Å². The van der Waals surface area contributed by atoms with Crippen molar-refractivity contribution in [2.45, 2.75) is 51.9 Å². The van der Waals surface area contributed by atoms with Crippen LogP contribution in [0.5, 0.6) is 0 Å². The monoisotopic (exact) mass is 425 g/mol. The number of likely N-dealkylation sites (tertiary alicyclic amines) is 1. The molecule has 0 aliphatic carbocycles. The number of anilines is 1. The molecule has 3 aliphatic rings. The summed E-state index contributed by atoms with van der Waals surface area (Å²) in [7, 11) is 0. The van der Waals surface area contributed by atoms with E-state index < -0.39 is 0 Å². The largest absolute Gasteiger partial charge is 0.381 e. The first kappa shape index (κ1) is 20.9. The summed E-state index contributed by atoms with van der Waals surface area (Å²) >= 11 is 0. The third kappa shape index (κ3) is 4.77. The third-order valence-corrected chi connectivity index (χ3v) is 7.28. The van der Waals surface area contributed by atoms with Crippen LogP contribution in [0.2, 0.25) is 0 Å². The van der Waals surface area contributed by atoms with Crippen LogP contribution in [-0.4, -0.2) is 66.0 Å². The van der Waals surface area contributed by atoms with E-state index in [1.165, 1.54) is 25.8 Å². The fourth-order valence-corrected chi connectivity index (χ4v) is 5.22. The van der Waals surface area contributed by atoms with E-state index in [-0.39, 0.29) is 0 Å². The lowest BCUT2D eigenvalue weighted by Crippen LogP contribution is -2.37. The van der Waals surface area contributed by atoms with Crippen molar-refractivity contribution in [3.8, 4) is 11.3 Å². The minimum atomic E-state index is 0.432. The van der Waals surface area contributed by atoms with E-state index in [1.807, 2.05) is 19.2 Å². The van der Waals surface area contributed by atoms with Crippen LogP contribution in [0.25, 0.3) is 11.3 Å². The fraction of sp³-hybridized carbons (Fsp3) is 0.708. The highest BCUT2D eigenvalue weighted by molar-refractivity contribution is 5.61. The van der Waals surface area contributed by atoms with Gasteiger partial charge in [0.1, 0.15) is 0 Å². The first-order chi connectivity index (χ1) is 15.2. The van der Waals surface area contributed by atoms with Crippen LogP contribution < -0.4 is 4.90 Å². The van der Waals surface area contributed by atoms with Crippen LogP contribution in [-0.2, 0) is 4.74 Å². The SMILES string of the molecule is Cc1cc(-c2cnc(N3CCC(C)CC3)nc2C2CCN(CC3CCOC3)CC2)on1. The van der Waals surface area contributed by atoms with Gasteiger partial charge in [-0.15, -0.1) is 0 Å². The lowest BCUT2D eigenvalue weighted by atomic mass is 9.89. The molecule has 3 aliphatic heterocycles. The van der Waals surface area contributed by atoms with Gasteiger partial charge in [-0.25, -0.2) is 9.97 Å². The topological polar surface area (TPSA) is 67.5 Å². The van der Waals surface area contributed by atoms with Gasteiger partial charge in [0.25, 0.3) is 0 Å². The number of rotatable bonds is 5. The van der Waals surface area contributed by atoms with Crippen molar-refractivity contribution >= 4 is 5.95 Å². The van der Waals surface area contributed by atoms with Crippen molar-refractivity contribution in [2.24, 2.45) is 11.8 Å². The molecule has 0 spiro atoms. The Kier molecular flexibility index (Phi) is 6.23. The lowest BCUT2D eigenvalue weighted by molar-refractivity contribution is 0.151. The Morgan fingerprint density at radius 3 is 2.55 bits per heavy atom. The van der Waals surface area contributed by atoms with Gasteiger partial charge in [0.05, 0.1) is 23.6 Å². The summed E-state index contributed by atoms with van der Waals surface area (Å²) in [6.07, 6.45) is 7.86. The molecule has 7 nitrogen and oxygen atoms in total. The molecule has 0 radical (unpaired) electrons. The average Bonchev–Trinajstić information content (AvgIpc) is 3.46. The molecule has 1 unspecified atom stereocenters. The number of hydrogen-bond acceptors (Lipinski definition) is 7. The van der Waals surface area contributed by atoms with Gasteiger partial charge in [0.15, 0.2) is 5.76 Å². The molecule has 168 valence electrons. The van der Waals surface area contributed by atoms with Gasteiger partial charge in [0.2, 0.25) is 5.95 Å². The molecule has 1 atom stereocenters. The van der Waals surface area contributed by atoms with E-state index in [4.69, 9.17) is 19.2 Å². The third-order valence-electron chi connectivity index (χ3n) is 7.28. The van der Waals surface area contributed by atoms with Crippen molar-refractivity contribution < 1.29 is 9.26 Å². The van der Waals surface area contributed by atoms with E-state index in [0.29, 0.717) is 11.8 Å². The highest BCUT2D eigenvalue weighted by Crippen LogP contribution is 2.36. The van der Waals surface area contributed by atoms with Crippen LogP contribution in [0.1, 0.15) is 56.3 Å². The highest BCUT2D eigenvalue weighted by atomic mass is 16.5. The van der Waals surface area contributed by atoms with Crippen LogP contribution in [0.15, 0.2) is 16.8 Å². The van der Waals surface area contributed by atoms with Crippen LogP contribution in [0.3, 0.4) is 0 Å². The predicted octanol–water partition coefficient (Wildman–Crippen LogP) is 3.89. The second kappa shape index (κ2) is 9.25. The minimum absolute atomic E-state index is 0.432. The number of aryl methyl sites for hydroxylation is 1. The van der Waals surface area contributed by atoms with Crippen LogP contribution in [0.4, 0.5) is 5.95 Å². The predicted molar refractivity (Wildman–Crippen MR) is 120 cm³/mol. The number of piperidine rings is 2. The van der Waals surface area contributed by atoms with E-state index in [2.05, 4.69) is 21.9 Å². The molecule has 3 saturated heterocycles. The molecule has 31 heavy (non-hydrogen) atoms. The molecule has 0 N–H and O–H groups in total. The van der Waals surface area contributed by atoms with E-state index in [0.717, 1.165) is 86.8 Å². The first-order valence-corrected chi connectivity index (χ1v) is 12.0. The Balaban J connectivity index is 1.35. The van der Waals surface area contributed by atoms with Crippen molar-refractivity contribution in [3.63, 3.8) is 0 Å². The Morgan fingerprint density at radius 1 is 1.06 bits per heavy atom. The molecular formula is C24H35N5O2. The van der Waals surface area contributed by atoms with Crippen molar-refractivity contribution in [3.05, 3.63) is 23.7 Å². The molecule has 5 rings (SSSR count). The zero-order chi connectivity index (χ0) is 21.2. The molecule has 0 saturated carbocycles.